The molecule has 6 rings (SSSR count). The number of methoxy groups -OCH3 is 1. The maximum absolute atomic E-state index is 13.9. The summed E-state index contributed by atoms with van der Waals surface area (Å²) in [6.45, 7) is 1.29. The van der Waals surface area contributed by atoms with E-state index < -0.39 is 16.8 Å². The first kappa shape index (κ1) is 27.5. The van der Waals surface area contributed by atoms with Crippen molar-refractivity contribution in [2.75, 3.05) is 20.2 Å². The quantitative estimate of drug-likeness (QED) is 0.395. The van der Waals surface area contributed by atoms with Crippen LogP contribution in [-0.2, 0) is 22.2 Å². The molecule has 3 heterocycles. The Morgan fingerprint density at radius 2 is 1.76 bits per heavy atom. The summed E-state index contributed by atoms with van der Waals surface area (Å²) in [6, 6.07) is 11.3. The fourth-order valence-electron chi connectivity index (χ4n) is 6.73. The number of aliphatic hydroxyl groups excluding tert-OH is 1. The van der Waals surface area contributed by atoms with Crippen LogP contribution < -0.4 is 9.46 Å². The van der Waals surface area contributed by atoms with Crippen LogP contribution in [0.15, 0.2) is 42.0 Å². The average Bonchev–Trinajstić information content (AvgIpc) is 3.19. The Kier molecular flexibility index (Phi) is 7.61. The normalized spacial score (nSPS) is 18.0. The first-order valence-corrected chi connectivity index (χ1v) is 15.5. The number of ether oxygens (including phenoxy) is 1. The number of amides is 2. The molecule has 3 aliphatic rings. The van der Waals surface area contributed by atoms with Crippen molar-refractivity contribution in [3.05, 3.63) is 58.7 Å². The summed E-state index contributed by atoms with van der Waals surface area (Å²) in [7, 11) is -1.46. The van der Waals surface area contributed by atoms with Gasteiger partial charge in [0.25, 0.3) is 11.8 Å². The lowest BCUT2D eigenvalue weighted by Crippen LogP contribution is -2.41. The molecule has 2 fully saturated rings. The van der Waals surface area contributed by atoms with Gasteiger partial charge in [-0.25, -0.2) is 8.42 Å². The van der Waals surface area contributed by atoms with E-state index in [-0.39, 0.29) is 17.6 Å². The fourth-order valence-corrected chi connectivity index (χ4v) is 7.03. The molecular formula is C31H35N3O6S. The third kappa shape index (κ3) is 5.26. The van der Waals surface area contributed by atoms with Crippen molar-refractivity contribution in [2.24, 2.45) is 0 Å². The number of carbonyl (C=O) groups excluding carboxylic acids is 2. The molecule has 0 spiro atoms. The molecule has 1 aromatic heterocycles. The molecule has 10 heteroatoms. The lowest BCUT2D eigenvalue weighted by Gasteiger charge is -2.30. The standard InChI is InChI=1S/C31H35N3O6S/c1-40-24-8-10-25-21(16-24)15-22(31(37)33-13-11-23(35)12-14-33)18-34-27-17-20(30(36)32-41(38)39)7-9-26(27)28(29(25)34)19-5-3-2-4-6-19/h7-10,15-17,19,23,35,41H,2-6,11-14,18H2,1H3,(H,32,36,38,39). The molecule has 0 unspecified atom stereocenters. The zero-order valence-electron chi connectivity index (χ0n) is 23.1. The summed E-state index contributed by atoms with van der Waals surface area (Å²) in [5.41, 5.74) is 5.79. The van der Waals surface area contributed by atoms with Crippen molar-refractivity contribution in [3.63, 3.8) is 0 Å². The average molecular weight is 578 g/mol. The fraction of sp³-hybridized carbons (Fsp3) is 0.419. The van der Waals surface area contributed by atoms with Gasteiger partial charge >= 0.3 is 0 Å². The minimum Gasteiger partial charge on any atom is -0.497 e. The lowest BCUT2D eigenvalue weighted by molar-refractivity contribution is -0.129. The minimum absolute atomic E-state index is 0.0724. The van der Waals surface area contributed by atoms with Crippen LogP contribution in [0.3, 0.4) is 0 Å². The van der Waals surface area contributed by atoms with E-state index in [0.717, 1.165) is 53.4 Å². The number of carbonyl (C=O) groups is 2. The number of nitrogens with one attached hydrogen (secondary N) is 1. The molecule has 41 heavy (non-hydrogen) atoms. The van der Waals surface area contributed by atoms with Crippen molar-refractivity contribution in [1.29, 1.82) is 0 Å². The number of piperidine rings is 1. The summed E-state index contributed by atoms with van der Waals surface area (Å²) in [6.07, 6.45) is 8.28. The Hall–Kier alpha value is -3.63. The van der Waals surface area contributed by atoms with Gasteiger partial charge in [-0.05, 0) is 79.1 Å². The van der Waals surface area contributed by atoms with Gasteiger partial charge in [0.2, 0.25) is 10.9 Å². The van der Waals surface area contributed by atoms with Crippen molar-refractivity contribution in [3.8, 4) is 17.0 Å². The van der Waals surface area contributed by atoms with Crippen molar-refractivity contribution >= 4 is 39.7 Å². The number of thiol groups is 1. The van der Waals surface area contributed by atoms with Gasteiger partial charge in [-0.15, -0.1) is 0 Å². The third-order valence-corrected chi connectivity index (χ3v) is 9.16. The molecular weight excluding hydrogens is 542 g/mol. The molecule has 216 valence electrons. The molecule has 1 saturated carbocycles. The highest BCUT2D eigenvalue weighted by Gasteiger charge is 2.32. The summed E-state index contributed by atoms with van der Waals surface area (Å²) in [5, 5.41) is 11.0. The Labute approximate surface area is 240 Å². The van der Waals surface area contributed by atoms with E-state index in [0.29, 0.717) is 49.7 Å². The van der Waals surface area contributed by atoms with Crippen molar-refractivity contribution in [2.45, 2.75) is 63.5 Å². The van der Waals surface area contributed by atoms with Gasteiger partial charge < -0.3 is 19.3 Å². The van der Waals surface area contributed by atoms with Crippen LogP contribution in [0.2, 0.25) is 0 Å². The second-order valence-electron chi connectivity index (χ2n) is 11.3. The van der Waals surface area contributed by atoms with Gasteiger partial charge in [0, 0.05) is 40.7 Å². The number of hydrogen-bond donors (Lipinski definition) is 3. The number of aliphatic hydroxyl groups is 1. The molecule has 2 N–H and O–H groups in total. The highest BCUT2D eigenvalue weighted by atomic mass is 32.2. The molecule has 9 nitrogen and oxygen atoms in total. The van der Waals surface area contributed by atoms with Crippen LogP contribution in [0.25, 0.3) is 28.2 Å². The summed E-state index contributed by atoms with van der Waals surface area (Å²) < 4.78 is 32.2. The Bertz CT molecular complexity index is 1620. The van der Waals surface area contributed by atoms with E-state index in [1.165, 1.54) is 12.0 Å². The van der Waals surface area contributed by atoms with E-state index in [2.05, 4.69) is 4.57 Å². The number of nitrogens with zero attached hydrogens (tertiary/aromatic N) is 2. The molecule has 2 aliphatic heterocycles. The highest BCUT2D eigenvalue weighted by Crippen LogP contribution is 2.47. The van der Waals surface area contributed by atoms with Crippen molar-refractivity contribution in [1.82, 2.24) is 14.2 Å². The van der Waals surface area contributed by atoms with Gasteiger partial charge in [-0.3, -0.25) is 14.3 Å². The topological polar surface area (TPSA) is 118 Å². The highest BCUT2D eigenvalue weighted by molar-refractivity contribution is 7.71. The molecule has 0 bridgehead atoms. The predicted molar refractivity (Wildman–Crippen MR) is 157 cm³/mol. The van der Waals surface area contributed by atoms with E-state index in [1.807, 2.05) is 35.1 Å². The first-order valence-electron chi connectivity index (χ1n) is 14.3. The second-order valence-corrected chi connectivity index (χ2v) is 12.0. The van der Waals surface area contributed by atoms with Crippen LogP contribution in [-0.4, -0.2) is 61.1 Å². The molecule has 3 aromatic rings. The summed E-state index contributed by atoms with van der Waals surface area (Å²) in [5.74, 6) is 0.267. The van der Waals surface area contributed by atoms with Gasteiger partial charge in [-0.1, -0.05) is 25.3 Å². The van der Waals surface area contributed by atoms with E-state index in [1.54, 1.807) is 24.1 Å². The zero-order chi connectivity index (χ0) is 28.7. The predicted octanol–water partition coefficient (Wildman–Crippen LogP) is 4.00. The maximum atomic E-state index is 13.9. The third-order valence-electron chi connectivity index (χ3n) is 8.77. The van der Waals surface area contributed by atoms with Crippen LogP contribution in [0, 0.1) is 0 Å². The first-order chi connectivity index (χ1) is 19.8. The number of fused-ring (bicyclic) bond motifs is 5. The molecule has 2 aromatic carbocycles. The Balaban J connectivity index is 1.57. The number of likely N-dealkylation sites (tertiary alicyclic amines) is 1. The zero-order valence-corrected chi connectivity index (χ0v) is 24.0. The molecule has 2 amide bonds. The van der Waals surface area contributed by atoms with Gasteiger partial charge in [0.15, 0.2) is 0 Å². The van der Waals surface area contributed by atoms with Gasteiger partial charge in [-0.2, -0.15) is 0 Å². The van der Waals surface area contributed by atoms with Crippen LogP contribution >= 0.6 is 0 Å². The Morgan fingerprint density at radius 3 is 2.46 bits per heavy atom. The van der Waals surface area contributed by atoms with E-state index in [9.17, 15) is 23.1 Å². The molecule has 1 aliphatic carbocycles. The monoisotopic (exact) mass is 577 g/mol. The Morgan fingerprint density at radius 1 is 1.00 bits per heavy atom. The van der Waals surface area contributed by atoms with Crippen LogP contribution in [0.5, 0.6) is 5.75 Å². The van der Waals surface area contributed by atoms with Gasteiger partial charge in [0.05, 0.1) is 25.5 Å². The number of benzene rings is 2. The van der Waals surface area contributed by atoms with E-state index in [4.69, 9.17) is 4.74 Å². The molecule has 1 saturated heterocycles. The number of rotatable bonds is 5. The smallest absolute Gasteiger partial charge is 0.264 e. The van der Waals surface area contributed by atoms with Crippen molar-refractivity contribution < 1.29 is 27.9 Å². The molecule has 0 radical (unpaired) electrons. The minimum atomic E-state index is -3.09. The summed E-state index contributed by atoms with van der Waals surface area (Å²) >= 11 is 0. The van der Waals surface area contributed by atoms with Crippen LogP contribution in [0.1, 0.15) is 72.3 Å². The largest absolute Gasteiger partial charge is 0.497 e. The van der Waals surface area contributed by atoms with E-state index >= 15 is 0 Å². The van der Waals surface area contributed by atoms with Crippen LogP contribution in [0.4, 0.5) is 0 Å². The molecule has 0 atom stereocenters. The van der Waals surface area contributed by atoms with Gasteiger partial charge in [0.1, 0.15) is 5.75 Å². The lowest BCUT2D eigenvalue weighted by atomic mass is 9.81. The second kappa shape index (κ2) is 11.3. The SMILES string of the molecule is COc1ccc2c(c1)C=C(C(=O)N1CCC(O)CC1)Cn1c-2c(C2CCCCC2)c2ccc(C(=O)N[SH](=O)=O)cc21. The number of aromatic nitrogens is 1. The maximum Gasteiger partial charge on any atom is 0.264 e. The summed E-state index contributed by atoms with van der Waals surface area (Å²) in [4.78, 5) is 28.4. The number of hydrogen-bond acceptors (Lipinski definition) is 6.